The number of hydrogen-bond acceptors (Lipinski definition) is 5. The molecular formula is C16H19Cl2N3O3. The molecule has 6 nitrogen and oxygen atoms in total. The number of carbonyl (C=O) groups is 1. The molecule has 1 aliphatic heterocycles. The van der Waals surface area contributed by atoms with Gasteiger partial charge in [-0.25, -0.2) is 10.2 Å². The third kappa shape index (κ3) is 4.55. The second kappa shape index (κ2) is 8.80. The first-order valence-corrected chi connectivity index (χ1v) is 8.26. The van der Waals surface area contributed by atoms with Crippen LogP contribution >= 0.6 is 23.2 Å². The second-order valence-corrected chi connectivity index (χ2v) is 5.82. The molecule has 1 atom stereocenters. The monoisotopic (exact) mass is 371 g/mol. The maximum Gasteiger partial charge on any atom is 0.425 e. The highest BCUT2D eigenvalue weighted by Crippen LogP contribution is 2.41. The molecule has 0 bridgehead atoms. The number of halogens is 2. The zero-order valence-corrected chi connectivity index (χ0v) is 14.8. The van der Waals surface area contributed by atoms with Gasteiger partial charge in [-0.05, 0) is 19.1 Å². The molecule has 1 heterocycles. The Labute approximate surface area is 150 Å². The molecule has 1 aromatic rings. The molecule has 24 heavy (non-hydrogen) atoms. The van der Waals surface area contributed by atoms with E-state index in [4.69, 9.17) is 32.7 Å². The molecule has 2 N–H and O–H groups in total. The predicted molar refractivity (Wildman–Crippen MR) is 95.1 cm³/mol. The van der Waals surface area contributed by atoms with Gasteiger partial charge in [0.15, 0.2) is 0 Å². The van der Waals surface area contributed by atoms with Crippen LogP contribution in [0.2, 0.25) is 10.0 Å². The average molecular weight is 372 g/mol. The summed E-state index contributed by atoms with van der Waals surface area (Å²) in [6.07, 6.45) is 1.67. The number of ether oxygens (including phenoxy) is 2. The average Bonchev–Trinajstić information content (AvgIpc) is 3.03. The number of hydrogen-bond donors (Lipinski definition) is 2. The van der Waals surface area contributed by atoms with Crippen molar-refractivity contribution in [1.29, 1.82) is 0 Å². The highest BCUT2D eigenvalue weighted by atomic mass is 35.5. The van der Waals surface area contributed by atoms with Crippen LogP contribution in [0.25, 0.3) is 0 Å². The summed E-state index contributed by atoms with van der Waals surface area (Å²) in [7, 11) is 0. The molecule has 0 saturated heterocycles. The molecule has 2 rings (SSSR count). The van der Waals surface area contributed by atoms with Crippen LogP contribution in [0.5, 0.6) is 5.75 Å². The first-order chi connectivity index (χ1) is 11.6. The topological polar surface area (TPSA) is 72.0 Å². The lowest BCUT2D eigenvalue weighted by atomic mass is 9.96. The third-order valence-electron chi connectivity index (χ3n) is 3.38. The number of nitrogens with one attached hydrogen (secondary N) is 2. The Morgan fingerprint density at radius 3 is 3.00 bits per heavy atom. The highest BCUT2D eigenvalue weighted by molar-refractivity contribution is 6.42. The molecule has 0 aromatic heterocycles. The van der Waals surface area contributed by atoms with Crippen molar-refractivity contribution >= 4 is 35.1 Å². The van der Waals surface area contributed by atoms with Gasteiger partial charge >= 0.3 is 6.09 Å². The molecule has 8 heteroatoms. The summed E-state index contributed by atoms with van der Waals surface area (Å²) in [6, 6.07) is 3.48. The van der Waals surface area contributed by atoms with Crippen LogP contribution in [-0.2, 0) is 4.74 Å². The van der Waals surface area contributed by atoms with Gasteiger partial charge in [0.1, 0.15) is 18.2 Å². The van der Waals surface area contributed by atoms with E-state index in [1.165, 1.54) is 0 Å². The van der Waals surface area contributed by atoms with E-state index in [-0.39, 0.29) is 5.92 Å². The zero-order valence-electron chi connectivity index (χ0n) is 13.3. The molecular weight excluding hydrogens is 353 g/mol. The summed E-state index contributed by atoms with van der Waals surface area (Å²) in [5.41, 5.74) is 5.99. The summed E-state index contributed by atoms with van der Waals surface area (Å²) in [5.74, 6) is 1.30. The number of amidine groups is 1. The smallest absolute Gasteiger partial charge is 0.425 e. The van der Waals surface area contributed by atoms with E-state index in [9.17, 15) is 4.79 Å². The van der Waals surface area contributed by atoms with Crippen LogP contribution in [0, 0.1) is 0 Å². The second-order valence-electron chi connectivity index (χ2n) is 5.03. The Bertz CT molecular complexity index is 650. The molecule has 0 fully saturated rings. The minimum absolute atomic E-state index is 0.00232. The minimum Gasteiger partial charge on any atom is -0.489 e. The van der Waals surface area contributed by atoms with Crippen molar-refractivity contribution in [2.45, 2.75) is 19.3 Å². The number of nitrogens with zero attached hydrogens (tertiary/aromatic N) is 1. The van der Waals surface area contributed by atoms with Crippen molar-refractivity contribution in [3.63, 3.8) is 0 Å². The zero-order chi connectivity index (χ0) is 17.5. The lowest BCUT2D eigenvalue weighted by Crippen LogP contribution is -2.41. The van der Waals surface area contributed by atoms with E-state index in [1.54, 1.807) is 25.1 Å². The quantitative estimate of drug-likeness (QED) is 0.611. The van der Waals surface area contributed by atoms with Gasteiger partial charge in [0.25, 0.3) is 0 Å². The molecule has 130 valence electrons. The van der Waals surface area contributed by atoms with Gasteiger partial charge in [-0.1, -0.05) is 35.9 Å². The van der Waals surface area contributed by atoms with Gasteiger partial charge in [0.2, 0.25) is 0 Å². The Hall–Kier alpha value is -1.92. The maximum atomic E-state index is 11.3. The van der Waals surface area contributed by atoms with Crippen molar-refractivity contribution in [1.82, 2.24) is 10.9 Å². The SMILES string of the molecule is C=CCOc1ccc(Cl)c(Cl)c1C1CN=C(NNC(=O)OCC)C1. The molecule has 0 saturated carbocycles. The van der Waals surface area contributed by atoms with E-state index < -0.39 is 6.09 Å². The van der Waals surface area contributed by atoms with Crippen LogP contribution in [-0.4, -0.2) is 31.7 Å². The van der Waals surface area contributed by atoms with Gasteiger partial charge in [-0.3, -0.25) is 10.4 Å². The summed E-state index contributed by atoms with van der Waals surface area (Å²) >= 11 is 12.5. The van der Waals surface area contributed by atoms with E-state index in [0.717, 1.165) is 5.56 Å². The van der Waals surface area contributed by atoms with Gasteiger partial charge in [-0.2, -0.15) is 0 Å². The fourth-order valence-corrected chi connectivity index (χ4v) is 2.84. The van der Waals surface area contributed by atoms with E-state index in [0.29, 0.717) is 47.8 Å². The number of amides is 1. The van der Waals surface area contributed by atoms with Gasteiger partial charge < -0.3 is 9.47 Å². The summed E-state index contributed by atoms with van der Waals surface area (Å²) in [4.78, 5) is 15.7. The molecule has 1 amide bonds. The fraction of sp³-hybridized carbons (Fsp3) is 0.375. The van der Waals surface area contributed by atoms with Gasteiger partial charge in [0.05, 0.1) is 16.7 Å². The first kappa shape index (κ1) is 18.4. The van der Waals surface area contributed by atoms with Crippen LogP contribution < -0.4 is 15.6 Å². The number of hydrazine groups is 1. The van der Waals surface area contributed by atoms with Gasteiger partial charge in [-0.15, -0.1) is 0 Å². The van der Waals surface area contributed by atoms with Crippen LogP contribution in [0.15, 0.2) is 29.8 Å². The molecule has 0 radical (unpaired) electrons. The van der Waals surface area contributed by atoms with Crippen molar-refractivity contribution < 1.29 is 14.3 Å². The standard InChI is InChI=1S/C16H19Cl2N3O3/c1-3-7-24-12-6-5-11(17)15(18)14(12)10-8-13(19-9-10)20-21-16(22)23-4-2/h3,5-6,10H,1,4,7-9H2,2H3,(H,19,20)(H,21,22). The van der Waals surface area contributed by atoms with Gasteiger partial charge in [0, 0.05) is 24.4 Å². The Balaban J connectivity index is 2.06. The lowest BCUT2D eigenvalue weighted by Gasteiger charge is -2.18. The Kier molecular flexibility index (Phi) is 6.75. The minimum atomic E-state index is -0.556. The van der Waals surface area contributed by atoms with Crippen molar-refractivity contribution in [2.75, 3.05) is 19.8 Å². The van der Waals surface area contributed by atoms with Crippen LogP contribution in [0.1, 0.15) is 24.8 Å². The highest BCUT2D eigenvalue weighted by Gasteiger charge is 2.27. The Morgan fingerprint density at radius 2 is 2.29 bits per heavy atom. The predicted octanol–water partition coefficient (Wildman–Crippen LogP) is 3.69. The molecule has 1 aliphatic rings. The van der Waals surface area contributed by atoms with Crippen molar-refractivity contribution in [3.8, 4) is 5.75 Å². The fourth-order valence-electron chi connectivity index (χ4n) is 2.36. The van der Waals surface area contributed by atoms with E-state index >= 15 is 0 Å². The number of benzene rings is 1. The molecule has 0 aliphatic carbocycles. The summed E-state index contributed by atoms with van der Waals surface area (Å²) in [5, 5.41) is 0.918. The van der Waals surface area contributed by atoms with Crippen molar-refractivity contribution in [2.24, 2.45) is 4.99 Å². The first-order valence-electron chi connectivity index (χ1n) is 7.50. The number of carbonyl (C=O) groups excluding carboxylic acids is 1. The van der Waals surface area contributed by atoms with Crippen LogP contribution in [0.4, 0.5) is 4.79 Å². The third-order valence-corrected chi connectivity index (χ3v) is 4.20. The summed E-state index contributed by atoms with van der Waals surface area (Å²) in [6.45, 7) is 6.55. The normalized spacial score (nSPS) is 16.3. The number of aliphatic imine (C=N–C) groups is 1. The number of rotatable bonds is 5. The molecule has 1 aromatic carbocycles. The molecule has 0 spiro atoms. The van der Waals surface area contributed by atoms with E-state index in [1.807, 2.05) is 0 Å². The van der Waals surface area contributed by atoms with E-state index in [2.05, 4.69) is 22.4 Å². The largest absolute Gasteiger partial charge is 0.489 e. The Morgan fingerprint density at radius 1 is 1.50 bits per heavy atom. The molecule has 1 unspecified atom stereocenters. The maximum absolute atomic E-state index is 11.3. The lowest BCUT2D eigenvalue weighted by molar-refractivity contribution is 0.150. The van der Waals surface area contributed by atoms with Crippen molar-refractivity contribution in [3.05, 3.63) is 40.4 Å². The van der Waals surface area contributed by atoms with Crippen LogP contribution in [0.3, 0.4) is 0 Å². The summed E-state index contributed by atoms with van der Waals surface area (Å²) < 4.78 is 10.5.